The van der Waals surface area contributed by atoms with Gasteiger partial charge in [-0.05, 0) is 48.2 Å². The maximum absolute atomic E-state index is 12.5. The first kappa shape index (κ1) is 22.5. The zero-order valence-electron chi connectivity index (χ0n) is 17.9. The predicted octanol–water partition coefficient (Wildman–Crippen LogP) is 2.53. The van der Waals surface area contributed by atoms with Crippen LogP contribution in [0.3, 0.4) is 0 Å². The van der Waals surface area contributed by atoms with Crippen molar-refractivity contribution in [1.82, 2.24) is 14.2 Å². The van der Waals surface area contributed by atoms with Crippen molar-refractivity contribution in [2.24, 2.45) is 0 Å². The minimum absolute atomic E-state index is 0.0494. The van der Waals surface area contributed by atoms with Gasteiger partial charge in [0.05, 0.1) is 12.3 Å². The fraction of sp³-hybridized carbons (Fsp3) is 0.208. The fourth-order valence-corrected chi connectivity index (χ4v) is 4.80. The molecule has 0 aliphatic heterocycles. The summed E-state index contributed by atoms with van der Waals surface area (Å²) in [5, 5.41) is 6.94. The maximum atomic E-state index is 12.5. The van der Waals surface area contributed by atoms with Gasteiger partial charge in [0, 0.05) is 11.9 Å². The van der Waals surface area contributed by atoms with E-state index in [1.54, 1.807) is 42.6 Å². The van der Waals surface area contributed by atoms with Gasteiger partial charge in [0.2, 0.25) is 5.91 Å². The first-order chi connectivity index (χ1) is 15.9. The van der Waals surface area contributed by atoms with Crippen molar-refractivity contribution in [2.45, 2.75) is 19.4 Å². The number of carbonyl (C=O) groups excluding carboxylic acids is 1. The molecule has 1 N–H and O–H groups in total. The molecule has 2 aromatic heterocycles. The summed E-state index contributed by atoms with van der Waals surface area (Å²) in [5.41, 5.74) is 2.57. The second kappa shape index (κ2) is 9.83. The van der Waals surface area contributed by atoms with Crippen molar-refractivity contribution in [2.75, 3.05) is 16.8 Å². The van der Waals surface area contributed by atoms with Crippen molar-refractivity contribution in [3.8, 4) is 0 Å². The van der Waals surface area contributed by atoms with Crippen LogP contribution in [0.2, 0.25) is 0 Å². The molecule has 8 nitrogen and oxygen atoms in total. The van der Waals surface area contributed by atoms with Crippen LogP contribution in [0.15, 0.2) is 83.8 Å². The predicted molar refractivity (Wildman–Crippen MR) is 127 cm³/mol. The number of hydrogen-bond donors (Lipinski definition) is 1. The van der Waals surface area contributed by atoms with Crippen LogP contribution in [0.5, 0.6) is 0 Å². The molecular formula is C24H24N4O4S. The lowest BCUT2D eigenvalue weighted by molar-refractivity contribution is -0.113. The molecule has 0 aliphatic carbocycles. The average Bonchev–Trinajstić information content (AvgIpc) is 3.09. The number of anilines is 1. The number of nitrogens with one attached hydrogen (secondary N) is 1. The van der Waals surface area contributed by atoms with Crippen molar-refractivity contribution in [1.29, 1.82) is 0 Å². The zero-order chi connectivity index (χ0) is 23.3. The second-order valence-corrected chi connectivity index (χ2v) is 9.98. The van der Waals surface area contributed by atoms with E-state index >= 15 is 0 Å². The molecular weight excluding hydrogens is 440 g/mol. The summed E-state index contributed by atoms with van der Waals surface area (Å²) < 4.78 is 27.5. The molecule has 0 unspecified atom stereocenters. The van der Waals surface area contributed by atoms with Crippen LogP contribution in [0.4, 0.5) is 5.69 Å². The van der Waals surface area contributed by atoms with Crippen LogP contribution in [0.1, 0.15) is 17.5 Å². The second-order valence-electron chi connectivity index (χ2n) is 7.80. The van der Waals surface area contributed by atoms with E-state index in [9.17, 15) is 18.0 Å². The Kier molecular flexibility index (Phi) is 6.69. The largest absolute Gasteiger partial charge is 0.350 e. The number of sulfone groups is 1. The normalized spacial score (nSPS) is 11.5. The van der Waals surface area contributed by atoms with Crippen LogP contribution in [-0.4, -0.2) is 40.0 Å². The molecule has 0 fully saturated rings. The topological polar surface area (TPSA) is 103 Å². The van der Waals surface area contributed by atoms with Gasteiger partial charge in [0.1, 0.15) is 5.75 Å². The van der Waals surface area contributed by atoms with Crippen molar-refractivity contribution >= 4 is 27.1 Å². The molecule has 0 radical (unpaired) electrons. The average molecular weight is 465 g/mol. The van der Waals surface area contributed by atoms with Gasteiger partial charge in [-0.1, -0.05) is 48.5 Å². The van der Waals surface area contributed by atoms with E-state index in [4.69, 9.17) is 0 Å². The van der Waals surface area contributed by atoms with Gasteiger partial charge >= 0.3 is 5.69 Å². The lowest BCUT2D eigenvalue weighted by Crippen LogP contribution is -2.25. The highest BCUT2D eigenvalue weighted by Gasteiger charge is 2.17. The third-order valence-corrected chi connectivity index (χ3v) is 6.76. The Morgan fingerprint density at radius 3 is 2.48 bits per heavy atom. The van der Waals surface area contributed by atoms with E-state index in [0.29, 0.717) is 24.2 Å². The van der Waals surface area contributed by atoms with Gasteiger partial charge in [-0.2, -0.15) is 0 Å². The molecule has 2 aromatic carbocycles. The first-order valence-electron chi connectivity index (χ1n) is 10.6. The molecule has 0 spiro atoms. The lowest BCUT2D eigenvalue weighted by Gasteiger charge is -2.08. The summed E-state index contributed by atoms with van der Waals surface area (Å²) >= 11 is 0. The smallest absolute Gasteiger partial charge is 0.325 e. The molecule has 170 valence electrons. The van der Waals surface area contributed by atoms with E-state index < -0.39 is 21.5 Å². The monoisotopic (exact) mass is 464 g/mol. The van der Waals surface area contributed by atoms with E-state index in [1.165, 1.54) is 9.08 Å². The number of hydrogen-bond acceptors (Lipinski definition) is 5. The Morgan fingerprint density at radius 2 is 1.70 bits per heavy atom. The van der Waals surface area contributed by atoms with Gasteiger partial charge in [-0.3, -0.25) is 9.20 Å². The molecule has 0 atom stereocenters. The van der Waals surface area contributed by atoms with Gasteiger partial charge in [0.25, 0.3) is 0 Å². The summed E-state index contributed by atoms with van der Waals surface area (Å²) in [6.07, 6.45) is 2.76. The Balaban J connectivity index is 1.35. The number of fused-ring (bicyclic) bond motifs is 1. The van der Waals surface area contributed by atoms with E-state index in [-0.39, 0.29) is 18.0 Å². The molecule has 4 rings (SSSR count). The summed E-state index contributed by atoms with van der Waals surface area (Å²) in [6.45, 7) is 0.224. The third kappa shape index (κ3) is 5.95. The van der Waals surface area contributed by atoms with Gasteiger partial charge < -0.3 is 5.32 Å². The highest BCUT2D eigenvalue weighted by atomic mass is 32.2. The molecule has 0 aliphatic rings. The van der Waals surface area contributed by atoms with Crippen molar-refractivity contribution in [3.63, 3.8) is 0 Å². The number of rotatable bonds is 9. The summed E-state index contributed by atoms with van der Waals surface area (Å²) in [6, 6.07) is 21.9. The van der Waals surface area contributed by atoms with E-state index in [2.05, 4.69) is 10.4 Å². The van der Waals surface area contributed by atoms with Crippen LogP contribution < -0.4 is 11.0 Å². The maximum Gasteiger partial charge on any atom is 0.350 e. The molecule has 2 heterocycles. The van der Waals surface area contributed by atoms with Crippen molar-refractivity contribution < 1.29 is 13.2 Å². The first-order valence-corrected chi connectivity index (χ1v) is 12.4. The quantitative estimate of drug-likeness (QED) is 0.410. The van der Waals surface area contributed by atoms with Crippen LogP contribution in [-0.2, 0) is 27.6 Å². The minimum atomic E-state index is -3.52. The Bertz CT molecular complexity index is 1430. The highest BCUT2D eigenvalue weighted by molar-refractivity contribution is 7.92. The molecule has 0 saturated carbocycles. The summed E-state index contributed by atoms with van der Waals surface area (Å²) in [5.74, 6) is -1.21. The molecule has 0 saturated heterocycles. The standard InChI is InChI=1S/C24H24N4O4S/c29-23(18-33(31,32)15-7-11-19-8-2-1-3-9-19)25-21-12-6-10-20(16-21)17-28-24(30)27-14-5-4-13-22(27)26-28/h1-6,8-10,12-14,16H,7,11,15,17-18H2,(H,25,29). The summed E-state index contributed by atoms with van der Waals surface area (Å²) in [4.78, 5) is 24.8. The molecule has 9 heteroatoms. The number of aryl methyl sites for hydroxylation is 1. The highest BCUT2D eigenvalue weighted by Crippen LogP contribution is 2.12. The van der Waals surface area contributed by atoms with Gasteiger partial charge in [0.15, 0.2) is 15.5 Å². The molecule has 0 bridgehead atoms. The molecule has 4 aromatic rings. The minimum Gasteiger partial charge on any atom is -0.325 e. The van der Waals surface area contributed by atoms with Gasteiger partial charge in [-0.25, -0.2) is 17.9 Å². The Labute approximate surface area is 191 Å². The number of pyridine rings is 1. The number of amides is 1. The number of carbonyl (C=O) groups is 1. The van der Waals surface area contributed by atoms with E-state index in [0.717, 1.165) is 11.1 Å². The molecule has 33 heavy (non-hydrogen) atoms. The SMILES string of the molecule is O=C(CS(=O)(=O)CCCc1ccccc1)Nc1cccc(Cn2nc3ccccn3c2=O)c1. The van der Waals surface area contributed by atoms with Crippen LogP contribution in [0, 0.1) is 0 Å². The molecule has 1 amide bonds. The third-order valence-electron chi connectivity index (χ3n) is 5.15. The fourth-order valence-electron chi connectivity index (χ4n) is 3.60. The Hall–Kier alpha value is -3.72. The summed E-state index contributed by atoms with van der Waals surface area (Å²) in [7, 11) is -3.52. The van der Waals surface area contributed by atoms with Gasteiger partial charge in [-0.15, -0.1) is 5.10 Å². The van der Waals surface area contributed by atoms with Crippen molar-refractivity contribution in [3.05, 3.63) is 101 Å². The van der Waals surface area contributed by atoms with Crippen LogP contribution >= 0.6 is 0 Å². The lowest BCUT2D eigenvalue weighted by atomic mass is 10.1. The van der Waals surface area contributed by atoms with Crippen LogP contribution in [0.25, 0.3) is 5.65 Å². The number of benzene rings is 2. The number of nitrogens with zero attached hydrogens (tertiary/aromatic N) is 3. The Morgan fingerprint density at radius 1 is 0.939 bits per heavy atom. The van der Waals surface area contributed by atoms with E-state index in [1.807, 2.05) is 36.4 Å². The zero-order valence-corrected chi connectivity index (χ0v) is 18.7. The number of aromatic nitrogens is 3.